The van der Waals surface area contributed by atoms with Crippen LogP contribution in [0.2, 0.25) is 0 Å². The molecule has 6 heteroatoms. The molecule has 1 aliphatic carbocycles. The summed E-state index contributed by atoms with van der Waals surface area (Å²) in [5.41, 5.74) is 0. The summed E-state index contributed by atoms with van der Waals surface area (Å²) in [5.74, 6) is 1.51. The second-order valence-electron chi connectivity index (χ2n) is 5.65. The van der Waals surface area contributed by atoms with Gasteiger partial charge in [0.2, 0.25) is 0 Å². The van der Waals surface area contributed by atoms with Crippen LogP contribution in [0.1, 0.15) is 45.0 Å². The molecule has 0 aliphatic heterocycles. The largest absolute Gasteiger partial charge is 0.481 e. The number of carboxylic acids is 1. The summed E-state index contributed by atoms with van der Waals surface area (Å²) in [6.45, 7) is 6.51. The molecule has 106 valence electrons. The molecule has 0 amide bonds. The zero-order valence-electron chi connectivity index (χ0n) is 11.7. The van der Waals surface area contributed by atoms with Gasteiger partial charge in [-0.05, 0) is 38.0 Å². The Morgan fingerprint density at radius 2 is 1.95 bits per heavy atom. The highest BCUT2D eigenvalue weighted by molar-refractivity contribution is 7.99. The van der Waals surface area contributed by atoms with Crippen molar-refractivity contribution >= 4 is 17.7 Å². The number of hydrogen-bond acceptors (Lipinski definition) is 4. The Morgan fingerprint density at radius 3 is 2.53 bits per heavy atom. The van der Waals surface area contributed by atoms with Crippen molar-refractivity contribution in [3.63, 3.8) is 0 Å². The van der Waals surface area contributed by atoms with E-state index in [0.29, 0.717) is 17.9 Å². The minimum absolute atomic E-state index is 0.0377. The van der Waals surface area contributed by atoms with Gasteiger partial charge in [-0.2, -0.15) is 0 Å². The minimum Gasteiger partial charge on any atom is -0.481 e. The lowest BCUT2D eigenvalue weighted by molar-refractivity contribution is -0.133. The fraction of sp³-hybridized carbons (Fsp3) is 0.769. The molecule has 2 unspecified atom stereocenters. The van der Waals surface area contributed by atoms with E-state index in [1.165, 1.54) is 18.2 Å². The number of thioether (sulfide) groups is 1. The van der Waals surface area contributed by atoms with Crippen molar-refractivity contribution in [2.45, 2.75) is 51.2 Å². The van der Waals surface area contributed by atoms with Crippen LogP contribution in [0.3, 0.4) is 0 Å². The fourth-order valence-electron chi connectivity index (χ4n) is 3.11. The Balaban J connectivity index is 2.18. The summed E-state index contributed by atoms with van der Waals surface area (Å²) < 4.78 is 2.14. The Bertz CT molecular complexity index is 451. The van der Waals surface area contributed by atoms with Crippen LogP contribution in [-0.2, 0) is 4.79 Å². The fourth-order valence-corrected chi connectivity index (χ4v) is 3.88. The highest BCUT2D eigenvalue weighted by Gasteiger charge is 2.28. The molecular formula is C13H21N3O2S. The first kappa shape index (κ1) is 14.4. The summed E-state index contributed by atoms with van der Waals surface area (Å²) in [6, 6.07) is 0.407. The lowest BCUT2D eigenvalue weighted by Gasteiger charge is -2.33. The summed E-state index contributed by atoms with van der Waals surface area (Å²) in [5, 5.41) is 17.8. The van der Waals surface area contributed by atoms with Gasteiger partial charge in [0.15, 0.2) is 5.16 Å². The molecule has 1 aromatic rings. The Morgan fingerprint density at radius 1 is 1.32 bits per heavy atom. The predicted octanol–water partition coefficient (Wildman–Crippen LogP) is 2.76. The summed E-state index contributed by atoms with van der Waals surface area (Å²) in [6.07, 6.45) is 3.53. The zero-order chi connectivity index (χ0) is 14.0. The van der Waals surface area contributed by atoms with E-state index < -0.39 is 5.97 Å². The molecule has 19 heavy (non-hydrogen) atoms. The molecule has 1 aliphatic rings. The lowest BCUT2D eigenvalue weighted by Crippen LogP contribution is -2.24. The van der Waals surface area contributed by atoms with Crippen molar-refractivity contribution < 1.29 is 9.90 Å². The monoisotopic (exact) mass is 283 g/mol. The Hall–Kier alpha value is -1.04. The number of carbonyl (C=O) groups is 1. The predicted molar refractivity (Wildman–Crippen MR) is 74.3 cm³/mol. The molecule has 2 atom stereocenters. The molecule has 0 spiro atoms. The lowest BCUT2D eigenvalue weighted by atomic mass is 9.80. The van der Waals surface area contributed by atoms with Crippen LogP contribution >= 0.6 is 11.8 Å². The maximum atomic E-state index is 10.7. The average Bonchev–Trinajstić information content (AvgIpc) is 2.66. The van der Waals surface area contributed by atoms with E-state index in [0.717, 1.165) is 23.8 Å². The van der Waals surface area contributed by atoms with Gasteiger partial charge in [0.1, 0.15) is 5.82 Å². The molecule has 1 N–H and O–H groups in total. The minimum atomic E-state index is -0.817. The van der Waals surface area contributed by atoms with Gasteiger partial charge in [0.05, 0.1) is 5.75 Å². The van der Waals surface area contributed by atoms with Crippen LogP contribution in [0.5, 0.6) is 0 Å². The number of aliphatic carboxylic acids is 1. The van der Waals surface area contributed by atoms with Gasteiger partial charge >= 0.3 is 5.97 Å². The molecule has 1 saturated carbocycles. The number of rotatable bonds is 4. The smallest absolute Gasteiger partial charge is 0.313 e. The van der Waals surface area contributed by atoms with Crippen molar-refractivity contribution in [3.05, 3.63) is 5.82 Å². The van der Waals surface area contributed by atoms with Crippen molar-refractivity contribution in [2.24, 2.45) is 11.8 Å². The average molecular weight is 283 g/mol. The second-order valence-corrected chi connectivity index (χ2v) is 6.60. The number of nitrogens with zero attached hydrogens (tertiary/aromatic N) is 3. The first-order valence-corrected chi connectivity index (χ1v) is 7.72. The van der Waals surface area contributed by atoms with Gasteiger partial charge in [-0.1, -0.05) is 25.6 Å². The Kier molecular flexibility index (Phi) is 4.50. The van der Waals surface area contributed by atoms with Gasteiger partial charge in [0.25, 0.3) is 0 Å². The summed E-state index contributed by atoms with van der Waals surface area (Å²) >= 11 is 1.26. The van der Waals surface area contributed by atoms with E-state index in [-0.39, 0.29) is 5.75 Å². The number of aromatic nitrogens is 3. The van der Waals surface area contributed by atoms with E-state index in [1.54, 1.807) is 0 Å². The van der Waals surface area contributed by atoms with E-state index in [1.807, 2.05) is 6.92 Å². The van der Waals surface area contributed by atoms with Gasteiger partial charge in [0, 0.05) is 6.04 Å². The highest BCUT2D eigenvalue weighted by Crippen LogP contribution is 2.38. The third-order valence-electron chi connectivity index (χ3n) is 3.68. The SMILES string of the molecule is Cc1nnc(SCC(=O)O)n1C1CC(C)CC(C)C1. The van der Waals surface area contributed by atoms with Crippen LogP contribution in [0.25, 0.3) is 0 Å². The molecule has 1 aromatic heterocycles. The van der Waals surface area contributed by atoms with Crippen LogP contribution < -0.4 is 0 Å². The number of aryl methyl sites for hydroxylation is 1. The zero-order valence-corrected chi connectivity index (χ0v) is 12.5. The second kappa shape index (κ2) is 5.94. The van der Waals surface area contributed by atoms with E-state index in [2.05, 4.69) is 28.6 Å². The number of carboxylic acid groups (broad SMARTS) is 1. The molecule has 1 heterocycles. The molecule has 5 nitrogen and oxygen atoms in total. The quantitative estimate of drug-likeness (QED) is 0.861. The molecule has 0 aromatic carbocycles. The Labute approximate surface area is 117 Å². The van der Waals surface area contributed by atoms with Crippen molar-refractivity contribution in [1.82, 2.24) is 14.8 Å². The molecule has 0 bridgehead atoms. The third-order valence-corrected chi connectivity index (χ3v) is 4.61. The van der Waals surface area contributed by atoms with E-state index >= 15 is 0 Å². The molecule has 0 radical (unpaired) electrons. The van der Waals surface area contributed by atoms with Gasteiger partial charge in [-0.15, -0.1) is 10.2 Å². The molecular weight excluding hydrogens is 262 g/mol. The first-order chi connectivity index (χ1) is 8.97. The standard InChI is InChI=1S/C13H21N3O2S/c1-8-4-9(2)6-11(5-8)16-10(3)14-15-13(16)19-7-12(17)18/h8-9,11H,4-7H2,1-3H3,(H,17,18). The third kappa shape index (κ3) is 3.49. The van der Waals surface area contributed by atoms with Crippen molar-refractivity contribution in [3.8, 4) is 0 Å². The van der Waals surface area contributed by atoms with Gasteiger partial charge in [-0.3, -0.25) is 4.79 Å². The maximum absolute atomic E-state index is 10.7. The number of hydrogen-bond donors (Lipinski definition) is 1. The van der Waals surface area contributed by atoms with Crippen LogP contribution in [-0.4, -0.2) is 31.6 Å². The van der Waals surface area contributed by atoms with Crippen LogP contribution in [0, 0.1) is 18.8 Å². The maximum Gasteiger partial charge on any atom is 0.313 e. The molecule has 1 fully saturated rings. The topological polar surface area (TPSA) is 68.0 Å². The molecule has 2 rings (SSSR count). The van der Waals surface area contributed by atoms with E-state index in [4.69, 9.17) is 5.11 Å². The first-order valence-electron chi connectivity index (χ1n) is 6.73. The van der Waals surface area contributed by atoms with Crippen LogP contribution in [0.15, 0.2) is 5.16 Å². The summed E-state index contributed by atoms with van der Waals surface area (Å²) in [4.78, 5) is 10.7. The van der Waals surface area contributed by atoms with Crippen molar-refractivity contribution in [1.29, 1.82) is 0 Å². The van der Waals surface area contributed by atoms with E-state index in [9.17, 15) is 4.79 Å². The normalized spacial score (nSPS) is 27.4. The highest BCUT2D eigenvalue weighted by atomic mass is 32.2. The van der Waals surface area contributed by atoms with Crippen molar-refractivity contribution in [2.75, 3.05) is 5.75 Å². The summed E-state index contributed by atoms with van der Waals surface area (Å²) in [7, 11) is 0. The van der Waals surface area contributed by atoms with Gasteiger partial charge < -0.3 is 9.67 Å². The molecule has 0 saturated heterocycles. The van der Waals surface area contributed by atoms with Crippen LogP contribution in [0.4, 0.5) is 0 Å². The van der Waals surface area contributed by atoms with Gasteiger partial charge in [-0.25, -0.2) is 0 Å².